The molecule has 10 nitrogen and oxygen atoms in total. The number of benzene rings is 3. The van der Waals surface area contributed by atoms with Crippen molar-refractivity contribution in [2.45, 2.75) is 56.1 Å². The van der Waals surface area contributed by atoms with E-state index in [9.17, 15) is 22.4 Å². The van der Waals surface area contributed by atoms with Gasteiger partial charge in [-0.2, -0.15) is 0 Å². The molecule has 0 aromatic heterocycles. The van der Waals surface area contributed by atoms with Gasteiger partial charge in [0.25, 0.3) is 10.0 Å². The van der Waals surface area contributed by atoms with Crippen LogP contribution in [-0.2, 0) is 26.2 Å². The van der Waals surface area contributed by atoms with E-state index in [1.165, 1.54) is 35.2 Å². The van der Waals surface area contributed by atoms with Crippen molar-refractivity contribution in [1.82, 2.24) is 10.2 Å². The second kappa shape index (κ2) is 13.5. The highest BCUT2D eigenvalue weighted by molar-refractivity contribution is 7.92. The molecule has 44 heavy (non-hydrogen) atoms. The van der Waals surface area contributed by atoms with Gasteiger partial charge in [0.15, 0.2) is 11.5 Å². The van der Waals surface area contributed by atoms with E-state index >= 15 is 0 Å². The van der Waals surface area contributed by atoms with Crippen LogP contribution in [0.5, 0.6) is 17.2 Å². The van der Waals surface area contributed by atoms with Crippen LogP contribution in [0.25, 0.3) is 0 Å². The minimum Gasteiger partial charge on any atom is -0.497 e. The van der Waals surface area contributed by atoms with E-state index in [0.717, 1.165) is 47.7 Å². The first kappa shape index (κ1) is 31.1. The van der Waals surface area contributed by atoms with Crippen molar-refractivity contribution in [2.24, 2.45) is 0 Å². The average molecular weight is 626 g/mol. The van der Waals surface area contributed by atoms with E-state index in [1.807, 2.05) is 0 Å². The third kappa shape index (κ3) is 7.07. The van der Waals surface area contributed by atoms with Gasteiger partial charge in [0.1, 0.15) is 37.4 Å². The van der Waals surface area contributed by atoms with E-state index in [1.54, 1.807) is 38.3 Å². The quantitative estimate of drug-likeness (QED) is 0.339. The Hall–Kier alpha value is -4.32. The molecule has 2 amide bonds. The van der Waals surface area contributed by atoms with Gasteiger partial charge in [0.05, 0.1) is 17.7 Å². The summed E-state index contributed by atoms with van der Waals surface area (Å²) in [4.78, 5) is 28.7. The van der Waals surface area contributed by atoms with Crippen LogP contribution < -0.4 is 23.8 Å². The number of halogens is 1. The van der Waals surface area contributed by atoms with Gasteiger partial charge in [-0.1, -0.05) is 25.0 Å². The van der Waals surface area contributed by atoms with Crippen molar-refractivity contribution >= 4 is 27.5 Å². The van der Waals surface area contributed by atoms with E-state index < -0.39 is 34.3 Å². The Bertz CT molecular complexity index is 1580. The maximum atomic E-state index is 14.1. The minimum atomic E-state index is -4.36. The van der Waals surface area contributed by atoms with Gasteiger partial charge in [-0.3, -0.25) is 13.9 Å². The molecule has 1 N–H and O–H groups in total. The first-order chi connectivity index (χ1) is 21.2. The zero-order chi connectivity index (χ0) is 31.3. The predicted molar refractivity (Wildman–Crippen MR) is 162 cm³/mol. The van der Waals surface area contributed by atoms with Gasteiger partial charge in [0.2, 0.25) is 11.8 Å². The SMILES string of the molecule is COc1ccc(CN(C(=O)CN(c2ccc(F)cc2)S(=O)(=O)c2ccc3c(c2)OCCO3)[C@@H](C)C(=O)NC2CCCC2)cc1. The first-order valence-electron chi connectivity index (χ1n) is 14.6. The Morgan fingerprint density at radius 3 is 2.30 bits per heavy atom. The molecule has 1 saturated carbocycles. The Morgan fingerprint density at radius 2 is 1.64 bits per heavy atom. The fourth-order valence-corrected chi connectivity index (χ4v) is 6.78. The number of fused-ring (bicyclic) bond motifs is 1. The number of nitrogens with one attached hydrogen (secondary N) is 1. The summed E-state index contributed by atoms with van der Waals surface area (Å²) < 4.78 is 59.4. The van der Waals surface area contributed by atoms with Gasteiger partial charge < -0.3 is 24.4 Å². The topological polar surface area (TPSA) is 114 Å². The molecule has 1 heterocycles. The van der Waals surface area contributed by atoms with Crippen LogP contribution in [-0.4, -0.2) is 64.1 Å². The van der Waals surface area contributed by atoms with E-state index in [4.69, 9.17) is 14.2 Å². The smallest absolute Gasteiger partial charge is 0.264 e. The Labute approximate surface area is 256 Å². The highest BCUT2D eigenvalue weighted by atomic mass is 32.2. The van der Waals surface area contributed by atoms with Crippen LogP contribution in [0.4, 0.5) is 10.1 Å². The Kier molecular flexibility index (Phi) is 9.58. The van der Waals surface area contributed by atoms with Crippen molar-refractivity contribution in [3.05, 3.63) is 78.1 Å². The number of carbonyl (C=O) groups excluding carboxylic acids is 2. The molecule has 1 aliphatic carbocycles. The molecule has 2 aliphatic rings. The fraction of sp³-hybridized carbons (Fsp3) is 0.375. The zero-order valence-corrected chi connectivity index (χ0v) is 25.5. The number of amides is 2. The molecule has 0 radical (unpaired) electrons. The van der Waals surface area contributed by atoms with Crippen molar-refractivity contribution in [3.8, 4) is 17.2 Å². The highest BCUT2D eigenvalue weighted by Crippen LogP contribution is 2.34. The largest absolute Gasteiger partial charge is 0.497 e. The summed E-state index contributed by atoms with van der Waals surface area (Å²) >= 11 is 0. The number of hydrogen-bond donors (Lipinski definition) is 1. The lowest BCUT2D eigenvalue weighted by molar-refractivity contribution is -0.139. The molecule has 1 fully saturated rings. The predicted octanol–water partition coefficient (Wildman–Crippen LogP) is 4.28. The number of nitrogens with zero attached hydrogens (tertiary/aromatic N) is 2. The van der Waals surface area contributed by atoms with Crippen LogP contribution in [0, 0.1) is 5.82 Å². The second-order valence-electron chi connectivity index (χ2n) is 10.8. The van der Waals surface area contributed by atoms with Gasteiger partial charge in [-0.15, -0.1) is 0 Å². The molecule has 0 saturated heterocycles. The molecule has 5 rings (SSSR count). The number of ether oxygens (including phenoxy) is 3. The highest BCUT2D eigenvalue weighted by Gasteiger charge is 2.34. The van der Waals surface area contributed by atoms with Crippen molar-refractivity contribution in [2.75, 3.05) is 31.2 Å². The van der Waals surface area contributed by atoms with Crippen molar-refractivity contribution in [1.29, 1.82) is 0 Å². The number of rotatable bonds is 11. The number of methoxy groups -OCH3 is 1. The van der Waals surface area contributed by atoms with E-state index in [0.29, 0.717) is 18.1 Å². The fourth-order valence-electron chi connectivity index (χ4n) is 5.35. The van der Waals surface area contributed by atoms with Crippen LogP contribution in [0.1, 0.15) is 38.2 Å². The molecular weight excluding hydrogens is 589 g/mol. The van der Waals surface area contributed by atoms with Crippen LogP contribution in [0.2, 0.25) is 0 Å². The summed E-state index contributed by atoms with van der Waals surface area (Å²) in [5.74, 6) is -0.183. The molecule has 0 unspecified atom stereocenters. The lowest BCUT2D eigenvalue weighted by Gasteiger charge is -2.32. The maximum absolute atomic E-state index is 14.1. The summed E-state index contributed by atoms with van der Waals surface area (Å²) in [6.07, 6.45) is 3.80. The lowest BCUT2D eigenvalue weighted by Crippen LogP contribution is -2.52. The molecular formula is C32H36FN3O7S. The van der Waals surface area contributed by atoms with Gasteiger partial charge in [-0.05, 0) is 73.9 Å². The van der Waals surface area contributed by atoms with Gasteiger partial charge in [-0.25, -0.2) is 12.8 Å². The van der Waals surface area contributed by atoms with Crippen LogP contribution >= 0.6 is 0 Å². The Morgan fingerprint density at radius 1 is 0.977 bits per heavy atom. The number of sulfonamides is 1. The summed E-state index contributed by atoms with van der Waals surface area (Å²) in [5.41, 5.74) is 0.810. The normalized spacial score (nSPS) is 15.3. The zero-order valence-electron chi connectivity index (χ0n) is 24.7. The van der Waals surface area contributed by atoms with Crippen LogP contribution in [0.15, 0.2) is 71.6 Å². The van der Waals surface area contributed by atoms with Gasteiger partial charge >= 0.3 is 0 Å². The van der Waals surface area contributed by atoms with E-state index in [-0.39, 0.29) is 41.4 Å². The molecule has 12 heteroatoms. The van der Waals surface area contributed by atoms with Crippen LogP contribution in [0.3, 0.4) is 0 Å². The summed E-state index contributed by atoms with van der Waals surface area (Å²) in [6.45, 7) is 1.63. The third-order valence-electron chi connectivity index (χ3n) is 7.88. The third-order valence-corrected chi connectivity index (χ3v) is 9.65. The average Bonchev–Trinajstić information content (AvgIpc) is 3.55. The minimum absolute atomic E-state index is 0.0363. The van der Waals surface area contributed by atoms with Gasteiger partial charge in [0, 0.05) is 18.7 Å². The number of carbonyl (C=O) groups is 2. The molecule has 234 valence electrons. The lowest BCUT2D eigenvalue weighted by atomic mass is 10.1. The Balaban J connectivity index is 1.47. The molecule has 0 bridgehead atoms. The number of hydrogen-bond acceptors (Lipinski definition) is 7. The number of anilines is 1. The molecule has 0 spiro atoms. The summed E-state index contributed by atoms with van der Waals surface area (Å²) in [5, 5.41) is 3.04. The van der Waals surface area contributed by atoms with Crippen molar-refractivity contribution in [3.63, 3.8) is 0 Å². The van der Waals surface area contributed by atoms with Crippen molar-refractivity contribution < 1.29 is 36.6 Å². The van der Waals surface area contributed by atoms with E-state index in [2.05, 4.69) is 5.32 Å². The summed E-state index contributed by atoms with van der Waals surface area (Å²) in [6, 6.07) is 15.2. The molecule has 3 aromatic carbocycles. The summed E-state index contributed by atoms with van der Waals surface area (Å²) in [7, 11) is -2.82. The maximum Gasteiger partial charge on any atom is 0.264 e. The first-order valence-corrected chi connectivity index (χ1v) is 16.0. The molecule has 3 aromatic rings. The monoisotopic (exact) mass is 625 g/mol. The molecule has 1 atom stereocenters. The standard InChI is InChI=1S/C32H36FN3O7S/c1-22(32(38)34-25-5-3-4-6-25)35(20-23-7-13-27(41-2)14-8-23)31(37)21-36(26-11-9-24(33)10-12-26)44(39,40)28-15-16-29-30(19-28)43-18-17-42-29/h7-16,19,22,25H,3-6,17-18,20-21H2,1-2H3,(H,34,38)/t22-/m0/s1. The molecule has 1 aliphatic heterocycles. The second-order valence-corrected chi connectivity index (χ2v) is 12.7.